The van der Waals surface area contributed by atoms with E-state index in [2.05, 4.69) is 15.6 Å². The van der Waals surface area contributed by atoms with E-state index >= 15 is 0 Å². The number of rotatable bonds is 3. The SMILES string of the molecule is COc1cc(NC(C)=O)c2[nH]c3c(C)cc(NC(C)=O)c(C)c3c2c1. The number of aromatic amines is 1. The molecule has 0 atom stereocenters. The molecule has 3 aromatic rings. The highest BCUT2D eigenvalue weighted by Gasteiger charge is 2.17. The number of ether oxygens (including phenoxy) is 1. The molecule has 0 aliphatic heterocycles. The highest BCUT2D eigenvalue weighted by atomic mass is 16.5. The van der Waals surface area contributed by atoms with Crippen molar-refractivity contribution in [1.82, 2.24) is 4.98 Å². The lowest BCUT2D eigenvalue weighted by Crippen LogP contribution is -2.07. The van der Waals surface area contributed by atoms with Crippen molar-refractivity contribution in [2.24, 2.45) is 0 Å². The van der Waals surface area contributed by atoms with Gasteiger partial charge in [-0.05, 0) is 37.1 Å². The lowest BCUT2D eigenvalue weighted by Gasteiger charge is -2.10. The molecule has 0 unspecified atom stereocenters. The molecule has 0 saturated carbocycles. The maximum Gasteiger partial charge on any atom is 0.221 e. The van der Waals surface area contributed by atoms with Crippen LogP contribution in [0, 0.1) is 13.8 Å². The Kier molecular flexibility index (Phi) is 4.12. The fourth-order valence-corrected chi connectivity index (χ4v) is 3.21. The molecular formula is C19H21N3O3. The molecule has 6 nitrogen and oxygen atoms in total. The maximum absolute atomic E-state index is 11.6. The first-order valence-corrected chi connectivity index (χ1v) is 8.00. The molecule has 0 spiro atoms. The van der Waals surface area contributed by atoms with Crippen LogP contribution in [0.3, 0.4) is 0 Å². The highest BCUT2D eigenvalue weighted by Crippen LogP contribution is 2.39. The highest BCUT2D eigenvalue weighted by molar-refractivity contribution is 6.17. The largest absolute Gasteiger partial charge is 0.497 e. The molecule has 0 radical (unpaired) electrons. The van der Waals surface area contributed by atoms with Gasteiger partial charge in [0.2, 0.25) is 11.8 Å². The summed E-state index contributed by atoms with van der Waals surface area (Å²) in [5, 5.41) is 7.67. The molecule has 1 heterocycles. The quantitative estimate of drug-likeness (QED) is 0.677. The lowest BCUT2D eigenvalue weighted by atomic mass is 10.0. The summed E-state index contributed by atoms with van der Waals surface area (Å²) < 4.78 is 5.39. The first kappa shape index (κ1) is 16.8. The minimum absolute atomic E-state index is 0.113. The Morgan fingerprint density at radius 1 is 0.960 bits per heavy atom. The molecule has 0 saturated heterocycles. The Balaban J connectivity index is 2.41. The molecule has 2 amide bonds. The summed E-state index contributed by atoms with van der Waals surface area (Å²) in [4.78, 5) is 26.5. The van der Waals surface area contributed by atoms with Crippen molar-refractivity contribution in [3.8, 4) is 5.75 Å². The Hall–Kier alpha value is -3.02. The molecule has 25 heavy (non-hydrogen) atoms. The van der Waals surface area contributed by atoms with Crippen LogP contribution in [0.25, 0.3) is 21.8 Å². The second kappa shape index (κ2) is 6.12. The number of amides is 2. The van der Waals surface area contributed by atoms with E-state index in [1.54, 1.807) is 13.2 Å². The summed E-state index contributed by atoms with van der Waals surface area (Å²) >= 11 is 0. The van der Waals surface area contributed by atoms with Gasteiger partial charge in [0.15, 0.2) is 0 Å². The van der Waals surface area contributed by atoms with E-state index in [0.29, 0.717) is 11.4 Å². The van der Waals surface area contributed by atoms with Crippen molar-refractivity contribution in [3.63, 3.8) is 0 Å². The number of anilines is 2. The smallest absolute Gasteiger partial charge is 0.221 e. The van der Waals surface area contributed by atoms with Gasteiger partial charge in [-0.3, -0.25) is 9.59 Å². The van der Waals surface area contributed by atoms with Gasteiger partial charge in [-0.1, -0.05) is 0 Å². The average molecular weight is 339 g/mol. The van der Waals surface area contributed by atoms with Gasteiger partial charge in [-0.25, -0.2) is 0 Å². The zero-order valence-electron chi connectivity index (χ0n) is 15.0. The minimum Gasteiger partial charge on any atom is -0.497 e. The molecule has 3 rings (SSSR count). The van der Waals surface area contributed by atoms with Crippen molar-refractivity contribution in [2.45, 2.75) is 27.7 Å². The Labute approximate surface area is 145 Å². The number of benzene rings is 2. The number of carbonyl (C=O) groups excluding carboxylic acids is 2. The van der Waals surface area contributed by atoms with Crippen LogP contribution in [-0.2, 0) is 9.59 Å². The number of methoxy groups -OCH3 is 1. The number of fused-ring (bicyclic) bond motifs is 3. The van der Waals surface area contributed by atoms with Crippen LogP contribution in [0.4, 0.5) is 11.4 Å². The van der Waals surface area contributed by atoms with Gasteiger partial charge in [-0.2, -0.15) is 0 Å². The number of aryl methyl sites for hydroxylation is 2. The van der Waals surface area contributed by atoms with Crippen molar-refractivity contribution in [2.75, 3.05) is 17.7 Å². The van der Waals surface area contributed by atoms with Crippen molar-refractivity contribution in [1.29, 1.82) is 0 Å². The second-order valence-electron chi connectivity index (χ2n) is 6.20. The molecular weight excluding hydrogens is 318 g/mol. The fraction of sp³-hybridized carbons (Fsp3) is 0.263. The van der Waals surface area contributed by atoms with Gasteiger partial charge in [0.25, 0.3) is 0 Å². The predicted octanol–water partition coefficient (Wildman–Crippen LogP) is 3.86. The number of H-pyrrole nitrogens is 1. The molecule has 0 aliphatic carbocycles. The lowest BCUT2D eigenvalue weighted by molar-refractivity contribution is -0.115. The average Bonchev–Trinajstić information content (AvgIpc) is 2.91. The van der Waals surface area contributed by atoms with Crippen LogP contribution in [0.15, 0.2) is 18.2 Å². The van der Waals surface area contributed by atoms with Crippen LogP contribution < -0.4 is 15.4 Å². The van der Waals surface area contributed by atoms with Crippen molar-refractivity contribution >= 4 is 45.0 Å². The summed E-state index contributed by atoms with van der Waals surface area (Å²) in [6, 6.07) is 5.67. The topological polar surface area (TPSA) is 83.2 Å². The third kappa shape index (κ3) is 2.91. The maximum atomic E-state index is 11.6. The summed E-state index contributed by atoms with van der Waals surface area (Å²) in [5.74, 6) is 0.387. The van der Waals surface area contributed by atoms with E-state index in [-0.39, 0.29) is 11.8 Å². The van der Waals surface area contributed by atoms with Crippen LogP contribution in [0.1, 0.15) is 25.0 Å². The normalized spacial score (nSPS) is 10.9. The zero-order chi connectivity index (χ0) is 18.3. The third-order valence-corrected chi connectivity index (χ3v) is 4.27. The number of nitrogens with one attached hydrogen (secondary N) is 3. The summed E-state index contributed by atoms with van der Waals surface area (Å²) in [5.41, 5.74) is 5.22. The molecule has 0 fully saturated rings. The standard InChI is InChI=1S/C19H21N3O3/c1-9-6-15(20-11(3)23)10(2)17-14-7-13(25-5)8-16(21-12(4)24)19(14)22-18(9)17/h6-8,22H,1-5H3,(H,20,23)(H,21,24). The first-order valence-electron chi connectivity index (χ1n) is 8.00. The molecule has 1 aromatic heterocycles. The van der Waals surface area contributed by atoms with E-state index < -0.39 is 0 Å². The number of hydrogen-bond donors (Lipinski definition) is 3. The van der Waals surface area contributed by atoms with E-state index in [1.807, 2.05) is 26.0 Å². The minimum atomic E-state index is -0.152. The summed E-state index contributed by atoms with van der Waals surface area (Å²) in [6.45, 7) is 6.92. The van der Waals surface area contributed by atoms with E-state index in [4.69, 9.17) is 4.74 Å². The van der Waals surface area contributed by atoms with Gasteiger partial charge in [0.1, 0.15) is 5.75 Å². The number of aromatic nitrogens is 1. The Morgan fingerprint density at radius 2 is 1.60 bits per heavy atom. The second-order valence-corrected chi connectivity index (χ2v) is 6.20. The van der Waals surface area contributed by atoms with Crippen LogP contribution in [0.2, 0.25) is 0 Å². The molecule has 130 valence electrons. The number of carbonyl (C=O) groups is 2. The van der Waals surface area contributed by atoms with Gasteiger partial charge < -0.3 is 20.4 Å². The van der Waals surface area contributed by atoms with Gasteiger partial charge in [-0.15, -0.1) is 0 Å². The first-order chi connectivity index (χ1) is 11.8. The molecule has 2 aromatic carbocycles. The summed E-state index contributed by atoms with van der Waals surface area (Å²) in [7, 11) is 1.59. The van der Waals surface area contributed by atoms with E-state index in [1.165, 1.54) is 13.8 Å². The molecule has 6 heteroatoms. The Bertz CT molecular complexity index is 1020. The monoisotopic (exact) mass is 339 g/mol. The van der Waals surface area contributed by atoms with E-state index in [0.717, 1.165) is 38.6 Å². The summed E-state index contributed by atoms with van der Waals surface area (Å²) in [6.07, 6.45) is 0. The van der Waals surface area contributed by atoms with Crippen LogP contribution in [-0.4, -0.2) is 23.9 Å². The van der Waals surface area contributed by atoms with Gasteiger partial charge >= 0.3 is 0 Å². The zero-order valence-corrected chi connectivity index (χ0v) is 15.0. The molecule has 3 N–H and O–H groups in total. The van der Waals surface area contributed by atoms with Gasteiger partial charge in [0, 0.05) is 41.9 Å². The van der Waals surface area contributed by atoms with Crippen LogP contribution >= 0.6 is 0 Å². The van der Waals surface area contributed by atoms with E-state index in [9.17, 15) is 9.59 Å². The van der Waals surface area contributed by atoms with Crippen LogP contribution in [0.5, 0.6) is 5.75 Å². The molecule has 0 aliphatic rings. The predicted molar refractivity (Wildman–Crippen MR) is 100 cm³/mol. The van der Waals surface area contributed by atoms with Gasteiger partial charge in [0.05, 0.1) is 18.3 Å². The van der Waals surface area contributed by atoms with Crippen molar-refractivity contribution < 1.29 is 14.3 Å². The Morgan fingerprint density at radius 3 is 2.20 bits per heavy atom. The fourth-order valence-electron chi connectivity index (χ4n) is 3.21. The number of hydrogen-bond acceptors (Lipinski definition) is 3. The molecule has 0 bridgehead atoms. The third-order valence-electron chi connectivity index (χ3n) is 4.27. The van der Waals surface area contributed by atoms with Crippen molar-refractivity contribution in [3.05, 3.63) is 29.3 Å².